The molecule has 2 fully saturated rings. The number of carbonyl (C=O) groups is 3. The quantitative estimate of drug-likeness (QED) is 0.339. The first kappa shape index (κ1) is 28.9. The number of amides is 3. The Hall–Kier alpha value is -3.57. The van der Waals surface area contributed by atoms with E-state index in [0.717, 1.165) is 64.9 Å². The molecule has 0 bridgehead atoms. The number of methoxy groups -OCH3 is 1. The number of fused-ring (bicyclic) bond motifs is 1. The average Bonchev–Trinajstić information content (AvgIpc) is 3.70. The Morgan fingerprint density at radius 2 is 1.90 bits per heavy atom. The molecule has 11 heteroatoms. The number of pyridine rings is 1. The second-order valence-corrected chi connectivity index (χ2v) is 12.7. The number of carbonyl (C=O) groups excluding carboxylic acids is 3. The molecular formula is C30H37N5O5S. The number of thiazole rings is 1. The summed E-state index contributed by atoms with van der Waals surface area (Å²) in [6, 6.07) is 7.72. The molecule has 10 nitrogen and oxygen atoms in total. The molecule has 0 unspecified atom stereocenters. The van der Waals surface area contributed by atoms with Crippen molar-refractivity contribution in [3.8, 4) is 0 Å². The van der Waals surface area contributed by atoms with E-state index in [1.54, 1.807) is 50.2 Å². The molecule has 218 valence electrons. The summed E-state index contributed by atoms with van der Waals surface area (Å²) in [5, 5.41) is 6.48. The van der Waals surface area contributed by atoms with Crippen LogP contribution in [-0.4, -0.2) is 58.6 Å². The molecule has 2 N–H and O–H groups in total. The fourth-order valence-corrected chi connectivity index (χ4v) is 6.02. The zero-order valence-electron chi connectivity index (χ0n) is 24.0. The van der Waals surface area contributed by atoms with Crippen LogP contribution in [0.3, 0.4) is 0 Å². The highest BCUT2D eigenvalue weighted by atomic mass is 32.1. The second-order valence-electron chi connectivity index (χ2n) is 11.6. The number of piperidine rings is 1. The average molecular weight is 580 g/mol. The number of rotatable bonds is 7. The van der Waals surface area contributed by atoms with Crippen LogP contribution < -0.4 is 10.6 Å². The number of benzene rings is 1. The minimum Gasteiger partial charge on any atom is -0.444 e. The minimum absolute atomic E-state index is 0.198. The first-order valence-electron chi connectivity index (χ1n) is 14.1. The van der Waals surface area contributed by atoms with Crippen molar-refractivity contribution < 1.29 is 23.9 Å². The van der Waals surface area contributed by atoms with Crippen LogP contribution in [0.25, 0.3) is 10.2 Å². The van der Waals surface area contributed by atoms with Crippen LogP contribution in [-0.2, 0) is 25.5 Å². The highest BCUT2D eigenvalue weighted by molar-refractivity contribution is 7.18. The molecule has 3 amide bonds. The van der Waals surface area contributed by atoms with Crippen molar-refractivity contribution in [1.82, 2.24) is 14.9 Å². The predicted octanol–water partition coefficient (Wildman–Crippen LogP) is 5.80. The van der Waals surface area contributed by atoms with Crippen LogP contribution in [0.4, 0.5) is 16.3 Å². The summed E-state index contributed by atoms with van der Waals surface area (Å²) in [5.41, 5.74) is 2.49. The number of ether oxygens (including phenoxy) is 2. The summed E-state index contributed by atoms with van der Waals surface area (Å²) in [7, 11) is 1.68. The summed E-state index contributed by atoms with van der Waals surface area (Å²) < 4.78 is 11.6. The van der Waals surface area contributed by atoms with Crippen molar-refractivity contribution in [3.05, 3.63) is 46.6 Å². The monoisotopic (exact) mass is 579 g/mol. The lowest BCUT2D eigenvalue weighted by Crippen LogP contribution is -2.44. The number of anilines is 2. The maximum absolute atomic E-state index is 13.4. The predicted molar refractivity (Wildman–Crippen MR) is 158 cm³/mol. The van der Waals surface area contributed by atoms with E-state index >= 15 is 0 Å². The van der Waals surface area contributed by atoms with Gasteiger partial charge in [0.1, 0.15) is 11.4 Å². The van der Waals surface area contributed by atoms with E-state index in [4.69, 9.17) is 14.5 Å². The van der Waals surface area contributed by atoms with Crippen molar-refractivity contribution in [2.24, 2.45) is 0 Å². The van der Waals surface area contributed by atoms with Crippen molar-refractivity contribution in [2.45, 2.75) is 76.9 Å². The normalized spacial score (nSPS) is 17.4. The van der Waals surface area contributed by atoms with E-state index in [1.807, 2.05) is 18.2 Å². The van der Waals surface area contributed by atoms with E-state index < -0.39 is 23.5 Å². The lowest BCUT2D eigenvalue weighted by molar-refractivity contribution is -0.145. The van der Waals surface area contributed by atoms with E-state index in [1.165, 1.54) is 6.20 Å². The molecule has 3 aromatic rings. The Kier molecular flexibility index (Phi) is 8.55. The molecule has 1 saturated carbocycles. The largest absolute Gasteiger partial charge is 0.444 e. The van der Waals surface area contributed by atoms with Crippen molar-refractivity contribution in [2.75, 3.05) is 30.9 Å². The van der Waals surface area contributed by atoms with Gasteiger partial charge in [-0.2, -0.15) is 0 Å². The van der Waals surface area contributed by atoms with Crippen LogP contribution in [0.2, 0.25) is 0 Å². The minimum atomic E-state index is -0.704. The molecule has 0 spiro atoms. The third-order valence-electron chi connectivity index (χ3n) is 7.13. The van der Waals surface area contributed by atoms with Crippen molar-refractivity contribution in [1.29, 1.82) is 0 Å². The third kappa shape index (κ3) is 7.20. The van der Waals surface area contributed by atoms with Gasteiger partial charge in [0.25, 0.3) is 0 Å². The van der Waals surface area contributed by atoms with E-state index in [2.05, 4.69) is 15.6 Å². The second kappa shape index (κ2) is 12.1. The smallest absolute Gasteiger partial charge is 0.413 e. The molecule has 2 aromatic heterocycles. The Morgan fingerprint density at radius 1 is 1.10 bits per heavy atom. The van der Waals surface area contributed by atoms with Gasteiger partial charge in [-0.1, -0.05) is 6.07 Å². The van der Waals surface area contributed by atoms with Crippen molar-refractivity contribution in [3.63, 3.8) is 0 Å². The van der Waals surface area contributed by atoms with E-state index in [-0.39, 0.29) is 12.0 Å². The Balaban J connectivity index is 1.29. The number of nitrogens with one attached hydrogen (secondary N) is 2. The molecule has 5 rings (SSSR count). The van der Waals surface area contributed by atoms with Gasteiger partial charge in [-0.15, -0.1) is 11.3 Å². The maximum atomic E-state index is 13.4. The molecule has 3 heterocycles. The van der Waals surface area contributed by atoms with Gasteiger partial charge in [-0.05, 0) is 82.6 Å². The first-order valence-corrected chi connectivity index (χ1v) is 14.9. The number of hydrogen-bond donors (Lipinski definition) is 2. The molecule has 1 aromatic carbocycles. The van der Waals surface area contributed by atoms with Gasteiger partial charge in [-0.3, -0.25) is 14.9 Å². The van der Waals surface area contributed by atoms with Gasteiger partial charge >= 0.3 is 17.9 Å². The van der Waals surface area contributed by atoms with Gasteiger partial charge in [0, 0.05) is 25.6 Å². The molecule has 0 radical (unpaired) electrons. The summed E-state index contributed by atoms with van der Waals surface area (Å²) in [5.74, 6) is -0.630. The molecular weight excluding hydrogens is 542 g/mol. The van der Waals surface area contributed by atoms with Gasteiger partial charge in [0.15, 0.2) is 0 Å². The zero-order chi connectivity index (χ0) is 29.1. The molecule has 1 aliphatic carbocycles. The van der Waals surface area contributed by atoms with E-state index in [9.17, 15) is 14.4 Å². The highest BCUT2D eigenvalue weighted by Gasteiger charge is 2.33. The summed E-state index contributed by atoms with van der Waals surface area (Å²) in [4.78, 5) is 49.7. The SMILES string of the molecule is COCCc1nc2cc([C@@H]3CCCCN3C(=O)C(=O)Nc3cnc(NC(=O)OC(C)(C)C)c(C4CC4)c3)ccc2s1. The van der Waals surface area contributed by atoms with Gasteiger partial charge in [0.2, 0.25) is 0 Å². The molecule has 2 aliphatic rings. The lowest BCUT2D eigenvalue weighted by atomic mass is 9.95. The number of aromatic nitrogens is 2. The summed E-state index contributed by atoms with van der Waals surface area (Å²) in [6.45, 7) is 6.51. The Labute approximate surface area is 243 Å². The van der Waals surface area contributed by atoms with Gasteiger partial charge < -0.3 is 19.7 Å². The van der Waals surface area contributed by atoms with Crippen LogP contribution in [0.1, 0.15) is 81.0 Å². The standard InChI is InChI=1S/C30H37N5O5S/c1-30(2,3)40-29(38)34-26-21(18-8-9-18)16-20(17-31-26)32-27(36)28(37)35-13-6-5-7-23(35)19-10-11-24-22(15-19)33-25(41-24)12-14-39-4/h10-11,15-18,23H,5-9,12-14H2,1-4H3,(H,32,36)(H,31,34,38)/t23-/m0/s1. The van der Waals surface area contributed by atoms with Crippen LogP contribution in [0, 0.1) is 0 Å². The lowest BCUT2D eigenvalue weighted by Gasteiger charge is -2.35. The fourth-order valence-electron chi connectivity index (χ4n) is 5.09. The van der Waals surface area contributed by atoms with Crippen LogP contribution >= 0.6 is 11.3 Å². The summed E-state index contributed by atoms with van der Waals surface area (Å²) in [6.07, 6.45) is 6.16. The molecule has 1 saturated heterocycles. The topological polar surface area (TPSA) is 123 Å². The van der Waals surface area contributed by atoms with Gasteiger partial charge in [0.05, 0.1) is 39.8 Å². The molecule has 1 aliphatic heterocycles. The number of nitrogens with zero attached hydrogens (tertiary/aromatic N) is 3. The number of hydrogen-bond acceptors (Lipinski definition) is 8. The Bertz CT molecular complexity index is 1440. The fraction of sp³-hybridized carbons (Fsp3) is 0.500. The van der Waals surface area contributed by atoms with Crippen LogP contribution in [0.5, 0.6) is 0 Å². The third-order valence-corrected chi connectivity index (χ3v) is 8.23. The zero-order valence-corrected chi connectivity index (χ0v) is 24.8. The first-order chi connectivity index (χ1) is 19.6. The Morgan fingerprint density at radius 3 is 2.63 bits per heavy atom. The number of likely N-dealkylation sites (tertiary alicyclic amines) is 1. The molecule has 1 atom stereocenters. The van der Waals surface area contributed by atoms with Crippen LogP contribution in [0.15, 0.2) is 30.5 Å². The molecule has 41 heavy (non-hydrogen) atoms. The van der Waals surface area contributed by atoms with Gasteiger partial charge in [-0.25, -0.2) is 14.8 Å². The maximum Gasteiger partial charge on any atom is 0.413 e. The highest BCUT2D eigenvalue weighted by Crippen LogP contribution is 2.44. The van der Waals surface area contributed by atoms with E-state index in [0.29, 0.717) is 24.7 Å². The summed E-state index contributed by atoms with van der Waals surface area (Å²) >= 11 is 1.65. The van der Waals surface area contributed by atoms with Crippen molar-refractivity contribution >= 4 is 51.0 Å².